The summed E-state index contributed by atoms with van der Waals surface area (Å²) in [7, 11) is 1.69. The van der Waals surface area contributed by atoms with Gasteiger partial charge >= 0.3 is 0 Å². The van der Waals surface area contributed by atoms with Gasteiger partial charge in [-0.15, -0.1) is 0 Å². The molecule has 25 heavy (non-hydrogen) atoms. The summed E-state index contributed by atoms with van der Waals surface area (Å²) < 4.78 is 5.20. The Morgan fingerprint density at radius 2 is 1.64 bits per heavy atom. The second kappa shape index (κ2) is 8.68. The molecule has 2 aromatic carbocycles. The zero-order valence-corrected chi connectivity index (χ0v) is 15.3. The van der Waals surface area contributed by atoms with Gasteiger partial charge in [0, 0.05) is 49.9 Å². The summed E-state index contributed by atoms with van der Waals surface area (Å²) in [4.78, 5) is 4.75. The Hall–Kier alpha value is -1.59. The molecule has 1 fully saturated rings. The van der Waals surface area contributed by atoms with E-state index in [0.717, 1.165) is 44.0 Å². The lowest BCUT2D eigenvalue weighted by molar-refractivity contribution is 0.0701. The number of hydrogen-bond acceptors (Lipinski definition) is 4. The van der Waals surface area contributed by atoms with E-state index in [4.69, 9.17) is 16.3 Å². The average Bonchev–Trinajstić information content (AvgIpc) is 2.64. The first-order chi connectivity index (χ1) is 12.2. The van der Waals surface area contributed by atoms with E-state index in [1.54, 1.807) is 7.11 Å². The van der Waals surface area contributed by atoms with Crippen LogP contribution >= 0.6 is 11.6 Å². The number of hydrogen-bond donors (Lipinski definition) is 1. The molecule has 0 amide bonds. The van der Waals surface area contributed by atoms with Crippen molar-refractivity contribution in [2.75, 3.05) is 39.8 Å². The molecular weight excluding hydrogens is 336 g/mol. The van der Waals surface area contributed by atoms with Crippen LogP contribution in [0.4, 0.5) is 0 Å². The SMILES string of the molecule is COc1ccc(CN2CCN(C[C@@H](O)c3ccccc3Cl)CC2)cc1. The van der Waals surface area contributed by atoms with E-state index in [0.29, 0.717) is 11.6 Å². The van der Waals surface area contributed by atoms with Crippen molar-refractivity contribution >= 4 is 11.6 Å². The van der Waals surface area contributed by atoms with Crippen molar-refractivity contribution in [3.63, 3.8) is 0 Å². The zero-order chi connectivity index (χ0) is 17.6. The highest BCUT2D eigenvalue weighted by Gasteiger charge is 2.21. The lowest BCUT2D eigenvalue weighted by atomic mass is 10.1. The molecule has 0 aromatic heterocycles. The van der Waals surface area contributed by atoms with Gasteiger partial charge in [0.15, 0.2) is 0 Å². The van der Waals surface area contributed by atoms with Gasteiger partial charge in [-0.05, 0) is 23.8 Å². The zero-order valence-electron chi connectivity index (χ0n) is 14.6. The van der Waals surface area contributed by atoms with E-state index >= 15 is 0 Å². The van der Waals surface area contributed by atoms with Crippen LogP contribution in [0.3, 0.4) is 0 Å². The third-order valence-corrected chi connectivity index (χ3v) is 5.07. The first-order valence-electron chi connectivity index (χ1n) is 8.66. The summed E-state index contributed by atoms with van der Waals surface area (Å²) >= 11 is 6.18. The summed E-state index contributed by atoms with van der Waals surface area (Å²) in [5, 5.41) is 11.1. The average molecular weight is 361 g/mol. The highest BCUT2D eigenvalue weighted by Crippen LogP contribution is 2.23. The van der Waals surface area contributed by atoms with Gasteiger partial charge in [0.2, 0.25) is 0 Å². The minimum atomic E-state index is -0.540. The van der Waals surface area contributed by atoms with Crippen molar-refractivity contribution in [1.29, 1.82) is 0 Å². The highest BCUT2D eigenvalue weighted by molar-refractivity contribution is 6.31. The standard InChI is InChI=1S/C20H25ClN2O2/c1-25-17-8-6-16(7-9-17)14-22-10-12-23(13-11-22)15-20(24)18-4-2-3-5-19(18)21/h2-9,20,24H,10-15H2,1H3/t20-/m1/s1. The van der Waals surface area contributed by atoms with E-state index in [9.17, 15) is 5.11 Å². The van der Waals surface area contributed by atoms with Crippen molar-refractivity contribution in [2.24, 2.45) is 0 Å². The fraction of sp³-hybridized carbons (Fsp3) is 0.400. The molecule has 1 aliphatic rings. The molecule has 1 N–H and O–H groups in total. The van der Waals surface area contributed by atoms with Crippen LogP contribution in [-0.2, 0) is 6.54 Å². The maximum Gasteiger partial charge on any atom is 0.118 e. The van der Waals surface area contributed by atoms with Gasteiger partial charge in [-0.25, -0.2) is 0 Å². The van der Waals surface area contributed by atoms with Gasteiger partial charge in [-0.1, -0.05) is 41.9 Å². The Morgan fingerprint density at radius 3 is 2.28 bits per heavy atom. The van der Waals surface area contributed by atoms with Crippen molar-refractivity contribution in [3.8, 4) is 5.75 Å². The second-order valence-corrected chi connectivity index (χ2v) is 6.87. The molecule has 134 valence electrons. The third-order valence-electron chi connectivity index (χ3n) is 4.73. The topological polar surface area (TPSA) is 35.9 Å². The van der Waals surface area contributed by atoms with E-state index in [-0.39, 0.29) is 0 Å². The molecule has 5 heteroatoms. The van der Waals surface area contributed by atoms with E-state index in [1.165, 1.54) is 5.56 Å². The molecule has 0 radical (unpaired) electrons. The van der Waals surface area contributed by atoms with Crippen LogP contribution in [0.5, 0.6) is 5.75 Å². The van der Waals surface area contributed by atoms with Crippen molar-refractivity contribution in [3.05, 3.63) is 64.7 Å². The van der Waals surface area contributed by atoms with Crippen molar-refractivity contribution in [2.45, 2.75) is 12.6 Å². The molecular formula is C20H25ClN2O2. The summed E-state index contributed by atoms with van der Waals surface area (Å²) in [6, 6.07) is 15.8. The minimum absolute atomic E-state index is 0.540. The summed E-state index contributed by atoms with van der Waals surface area (Å²) in [6.07, 6.45) is -0.540. The predicted octanol–water partition coefficient (Wildman–Crippen LogP) is 3.20. The summed E-state index contributed by atoms with van der Waals surface area (Å²) in [5.41, 5.74) is 2.11. The van der Waals surface area contributed by atoms with Crippen molar-refractivity contribution in [1.82, 2.24) is 9.80 Å². The van der Waals surface area contributed by atoms with Crippen LogP contribution in [0.15, 0.2) is 48.5 Å². The number of halogens is 1. The number of rotatable bonds is 6. The molecule has 2 aromatic rings. The van der Waals surface area contributed by atoms with Gasteiger partial charge in [0.05, 0.1) is 13.2 Å². The number of aliphatic hydroxyl groups is 1. The molecule has 0 spiro atoms. The Kier molecular flexibility index (Phi) is 6.32. The number of piperazine rings is 1. The summed E-state index contributed by atoms with van der Waals surface area (Å²) in [5.74, 6) is 0.891. The number of aliphatic hydroxyl groups excluding tert-OH is 1. The first-order valence-corrected chi connectivity index (χ1v) is 9.03. The lowest BCUT2D eigenvalue weighted by Gasteiger charge is -2.35. The number of β-amino-alcohol motifs (C(OH)–C–C–N with tert-alkyl or cyclic N) is 1. The number of benzene rings is 2. The molecule has 1 atom stereocenters. The van der Waals surface area contributed by atoms with Crippen LogP contribution in [0.2, 0.25) is 5.02 Å². The van der Waals surface area contributed by atoms with Crippen LogP contribution in [0.1, 0.15) is 17.2 Å². The molecule has 0 unspecified atom stereocenters. The van der Waals surface area contributed by atoms with E-state index < -0.39 is 6.10 Å². The van der Waals surface area contributed by atoms with Gasteiger partial charge in [0.1, 0.15) is 5.75 Å². The van der Waals surface area contributed by atoms with E-state index in [2.05, 4.69) is 21.9 Å². The van der Waals surface area contributed by atoms with Gasteiger partial charge in [0.25, 0.3) is 0 Å². The molecule has 0 aliphatic carbocycles. The smallest absolute Gasteiger partial charge is 0.118 e. The Labute approximate surface area is 154 Å². The minimum Gasteiger partial charge on any atom is -0.497 e. The van der Waals surface area contributed by atoms with Crippen LogP contribution in [-0.4, -0.2) is 54.7 Å². The van der Waals surface area contributed by atoms with Gasteiger partial charge < -0.3 is 9.84 Å². The lowest BCUT2D eigenvalue weighted by Crippen LogP contribution is -2.47. The third kappa shape index (κ3) is 4.95. The van der Waals surface area contributed by atoms with Gasteiger partial charge in [-0.2, -0.15) is 0 Å². The maximum atomic E-state index is 10.5. The molecule has 1 heterocycles. The van der Waals surface area contributed by atoms with Crippen LogP contribution < -0.4 is 4.74 Å². The number of nitrogens with zero attached hydrogens (tertiary/aromatic N) is 2. The first kappa shape index (κ1) is 18.2. The monoisotopic (exact) mass is 360 g/mol. The Morgan fingerprint density at radius 1 is 1.00 bits per heavy atom. The Balaban J connectivity index is 1.47. The van der Waals surface area contributed by atoms with Gasteiger partial charge in [-0.3, -0.25) is 9.80 Å². The normalized spacial score (nSPS) is 17.4. The maximum absolute atomic E-state index is 10.5. The summed E-state index contributed by atoms with van der Waals surface area (Å²) in [6.45, 7) is 5.49. The fourth-order valence-electron chi connectivity index (χ4n) is 3.21. The van der Waals surface area contributed by atoms with Crippen molar-refractivity contribution < 1.29 is 9.84 Å². The van der Waals surface area contributed by atoms with Crippen LogP contribution in [0, 0.1) is 0 Å². The molecule has 1 saturated heterocycles. The molecule has 0 saturated carbocycles. The largest absolute Gasteiger partial charge is 0.497 e. The molecule has 1 aliphatic heterocycles. The number of methoxy groups -OCH3 is 1. The molecule has 0 bridgehead atoms. The molecule has 4 nitrogen and oxygen atoms in total. The predicted molar refractivity (Wildman–Crippen MR) is 101 cm³/mol. The quantitative estimate of drug-likeness (QED) is 0.858. The fourth-order valence-corrected chi connectivity index (χ4v) is 3.47. The highest BCUT2D eigenvalue weighted by atomic mass is 35.5. The molecule has 3 rings (SSSR count). The number of ether oxygens (including phenoxy) is 1. The van der Waals surface area contributed by atoms with E-state index in [1.807, 2.05) is 36.4 Å². The Bertz CT molecular complexity index is 670. The second-order valence-electron chi connectivity index (χ2n) is 6.46. The van der Waals surface area contributed by atoms with Crippen LogP contribution in [0.25, 0.3) is 0 Å².